The molecule has 1 atom stereocenters. The van der Waals surface area contributed by atoms with Crippen LogP contribution in [0.5, 0.6) is 0 Å². The van der Waals surface area contributed by atoms with Crippen LogP contribution < -0.4 is 4.90 Å². The van der Waals surface area contributed by atoms with Gasteiger partial charge in [-0.15, -0.1) is 0 Å². The van der Waals surface area contributed by atoms with E-state index in [2.05, 4.69) is 9.88 Å². The number of hydrogen-bond acceptors (Lipinski definition) is 4. The second-order valence-electron chi connectivity index (χ2n) is 8.12. The van der Waals surface area contributed by atoms with Crippen LogP contribution in [0.25, 0.3) is 0 Å². The van der Waals surface area contributed by atoms with E-state index in [1.165, 1.54) is 6.07 Å². The Morgan fingerprint density at radius 3 is 2.71 bits per heavy atom. The van der Waals surface area contributed by atoms with Crippen molar-refractivity contribution in [2.45, 2.75) is 46.1 Å². The van der Waals surface area contributed by atoms with Crippen LogP contribution in [0, 0.1) is 18.3 Å². The first-order valence-corrected chi connectivity index (χ1v) is 8.53. The molecule has 2 aliphatic rings. The predicted molar refractivity (Wildman–Crippen MR) is 90.6 cm³/mol. The van der Waals surface area contributed by atoms with Crippen LogP contribution in [-0.4, -0.2) is 47.8 Å². The first-order chi connectivity index (χ1) is 11.2. The van der Waals surface area contributed by atoms with E-state index in [-0.39, 0.29) is 11.5 Å². The third-order valence-electron chi connectivity index (χ3n) is 4.91. The minimum Gasteiger partial charge on any atom is -0.444 e. The monoisotopic (exact) mass is 335 g/mol. The molecule has 1 aromatic heterocycles. The summed E-state index contributed by atoms with van der Waals surface area (Å²) in [7, 11) is 0. The number of likely N-dealkylation sites (tertiary alicyclic amines) is 1. The van der Waals surface area contributed by atoms with Crippen LogP contribution in [-0.2, 0) is 4.74 Å². The van der Waals surface area contributed by atoms with Gasteiger partial charge in [0.2, 0.25) is 5.95 Å². The fourth-order valence-corrected chi connectivity index (χ4v) is 3.72. The Balaban J connectivity index is 1.67. The molecule has 1 spiro atoms. The van der Waals surface area contributed by atoms with Crippen LogP contribution in [0.3, 0.4) is 0 Å². The molecule has 1 amide bonds. The Labute approximate surface area is 142 Å². The van der Waals surface area contributed by atoms with Crippen LogP contribution in [0.2, 0.25) is 0 Å². The normalized spacial score (nSPS) is 24.0. The lowest BCUT2D eigenvalue weighted by atomic mass is 9.86. The zero-order chi connectivity index (χ0) is 17.5. The van der Waals surface area contributed by atoms with Crippen molar-refractivity contribution >= 4 is 11.8 Å². The van der Waals surface area contributed by atoms with Crippen LogP contribution >= 0.6 is 0 Å². The molecule has 1 unspecified atom stereocenters. The number of anilines is 1. The Morgan fingerprint density at radius 1 is 1.29 bits per heavy atom. The molecule has 3 rings (SSSR count). The summed E-state index contributed by atoms with van der Waals surface area (Å²) >= 11 is 0. The highest BCUT2D eigenvalue weighted by molar-refractivity contribution is 5.68. The number of ether oxygens (including phenoxy) is 1. The van der Waals surface area contributed by atoms with Gasteiger partial charge >= 0.3 is 6.09 Å². The minimum atomic E-state index is -0.472. The van der Waals surface area contributed by atoms with Crippen molar-refractivity contribution in [3.05, 3.63) is 23.8 Å². The SMILES string of the molecule is Cc1cnc(F)cc1N1CCC2(CCN(C(=O)OC(C)(C)C)C2)C1. The average Bonchev–Trinajstić information content (AvgIpc) is 3.08. The van der Waals surface area contributed by atoms with E-state index in [4.69, 9.17) is 4.74 Å². The second kappa shape index (κ2) is 5.90. The summed E-state index contributed by atoms with van der Waals surface area (Å²) in [5, 5.41) is 0. The minimum absolute atomic E-state index is 0.0864. The Hall–Kier alpha value is -1.85. The van der Waals surface area contributed by atoms with Gasteiger partial charge in [-0.2, -0.15) is 4.39 Å². The number of amides is 1. The van der Waals surface area contributed by atoms with Crippen molar-refractivity contribution < 1.29 is 13.9 Å². The number of rotatable bonds is 1. The number of nitrogens with zero attached hydrogens (tertiary/aromatic N) is 3. The first kappa shape index (κ1) is 17.0. The van der Waals surface area contributed by atoms with Gasteiger partial charge in [-0.1, -0.05) is 0 Å². The zero-order valence-corrected chi connectivity index (χ0v) is 14.9. The third-order valence-corrected chi connectivity index (χ3v) is 4.91. The standard InChI is InChI=1S/C18H26FN3O2/c1-13-10-20-15(19)9-14(13)21-7-5-18(11-21)6-8-22(12-18)16(23)24-17(2,3)4/h9-10H,5-8,11-12H2,1-4H3. The van der Waals surface area contributed by atoms with E-state index in [1.54, 1.807) is 6.20 Å². The molecule has 0 N–H and O–H groups in total. The molecule has 0 aliphatic carbocycles. The summed E-state index contributed by atoms with van der Waals surface area (Å²) in [6.45, 7) is 10.8. The van der Waals surface area contributed by atoms with Crippen molar-refractivity contribution in [3.8, 4) is 0 Å². The molecule has 0 bridgehead atoms. The largest absolute Gasteiger partial charge is 0.444 e. The van der Waals surface area contributed by atoms with Crippen LogP contribution in [0.4, 0.5) is 14.9 Å². The van der Waals surface area contributed by atoms with E-state index in [0.29, 0.717) is 6.54 Å². The van der Waals surface area contributed by atoms with Gasteiger partial charge in [0.15, 0.2) is 0 Å². The molecule has 6 heteroatoms. The summed E-state index contributed by atoms with van der Waals surface area (Å²) < 4.78 is 19.0. The molecule has 5 nitrogen and oxygen atoms in total. The van der Waals surface area contributed by atoms with Gasteiger partial charge in [0.1, 0.15) is 5.60 Å². The van der Waals surface area contributed by atoms with Gasteiger partial charge in [0.05, 0.1) is 0 Å². The Bertz CT molecular complexity index is 644. The summed E-state index contributed by atoms with van der Waals surface area (Å²) in [6, 6.07) is 1.51. The van der Waals surface area contributed by atoms with Crippen LogP contribution in [0.1, 0.15) is 39.2 Å². The number of carbonyl (C=O) groups excluding carboxylic acids is 1. The molecule has 0 aromatic carbocycles. The van der Waals surface area contributed by atoms with E-state index in [1.807, 2.05) is 32.6 Å². The number of carbonyl (C=O) groups is 1. The Morgan fingerprint density at radius 2 is 2.00 bits per heavy atom. The lowest BCUT2D eigenvalue weighted by Crippen LogP contribution is -2.37. The molecule has 1 aromatic rings. The molecule has 0 saturated carbocycles. The lowest BCUT2D eigenvalue weighted by molar-refractivity contribution is 0.0276. The molecule has 2 saturated heterocycles. The average molecular weight is 335 g/mol. The van der Waals surface area contributed by atoms with Crippen molar-refractivity contribution in [1.82, 2.24) is 9.88 Å². The fourth-order valence-electron chi connectivity index (χ4n) is 3.72. The highest BCUT2D eigenvalue weighted by atomic mass is 19.1. The van der Waals surface area contributed by atoms with Crippen molar-refractivity contribution in [2.75, 3.05) is 31.1 Å². The molecule has 3 heterocycles. The van der Waals surface area contributed by atoms with Crippen molar-refractivity contribution in [3.63, 3.8) is 0 Å². The number of halogens is 1. The highest BCUT2D eigenvalue weighted by Gasteiger charge is 2.45. The van der Waals surface area contributed by atoms with Crippen molar-refractivity contribution in [1.29, 1.82) is 0 Å². The third kappa shape index (κ3) is 3.47. The first-order valence-electron chi connectivity index (χ1n) is 8.53. The number of aryl methyl sites for hydroxylation is 1. The summed E-state index contributed by atoms with van der Waals surface area (Å²) in [5.41, 5.74) is 1.51. The summed E-state index contributed by atoms with van der Waals surface area (Å²) in [4.78, 5) is 20.0. The van der Waals surface area contributed by atoms with Crippen molar-refractivity contribution in [2.24, 2.45) is 5.41 Å². The van der Waals surface area contributed by atoms with Gasteiger partial charge in [-0.25, -0.2) is 9.78 Å². The molecular weight excluding hydrogens is 309 g/mol. The maximum Gasteiger partial charge on any atom is 0.410 e. The quantitative estimate of drug-likeness (QED) is 0.738. The highest BCUT2D eigenvalue weighted by Crippen LogP contribution is 2.42. The maximum absolute atomic E-state index is 13.5. The number of hydrogen-bond donors (Lipinski definition) is 0. The topological polar surface area (TPSA) is 45.7 Å². The van der Waals surface area contributed by atoms with Gasteiger partial charge in [-0.05, 0) is 46.1 Å². The van der Waals surface area contributed by atoms with E-state index in [0.717, 1.165) is 43.7 Å². The van der Waals surface area contributed by atoms with Crippen LogP contribution in [0.15, 0.2) is 12.3 Å². The Kier molecular flexibility index (Phi) is 4.18. The summed E-state index contributed by atoms with van der Waals surface area (Å²) in [5.74, 6) is -0.446. The van der Waals surface area contributed by atoms with Gasteiger partial charge < -0.3 is 14.5 Å². The summed E-state index contributed by atoms with van der Waals surface area (Å²) in [6.07, 6.45) is 3.33. The molecule has 2 aliphatic heterocycles. The van der Waals surface area contributed by atoms with Gasteiger partial charge in [-0.3, -0.25) is 0 Å². The van der Waals surface area contributed by atoms with Gasteiger partial charge in [0, 0.05) is 49.5 Å². The van der Waals surface area contributed by atoms with E-state index >= 15 is 0 Å². The maximum atomic E-state index is 13.5. The number of aromatic nitrogens is 1. The van der Waals surface area contributed by atoms with E-state index in [9.17, 15) is 9.18 Å². The second-order valence-corrected chi connectivity index (χ2v) is 8.12. The van der Waals surface area contributed by atoms with E-state index < -0.39 is 11.5 Å². The molecule has 0 radical (unpaired) electrons. The van der Waals surface area contributed by atoms with Gasteiger partial charge in [0.25, 0.3) is 0 Å². The molecule has 24 heavy (non-hydrogen) atoms. The molecular formula is C18H26FN3O2. The molecule has 2 fully saturated rings. The molecule has 132 valence electrons. The number of pyridine rings is 1. The zero-order valence-electron chi connectivity index (χ0n) is 14.9. The fraction of sp³-hybridized carbons (Fsp3) is 0.667. The lowest BCUT2D eigenvalue weighted by Gasteiger charge is -2.27. The smallest absolute Gasteiger partial charge is 0.410 e. The predicted octanol–water partition coefficient (Wildman–Crippen LogP) is 3.37.